The van der Waals surface area contributed by atoms with Crippen LogP contribution in [0.3, 0.4) is 0 Å². The summed E-state index contributed by atoms with van der Waals surface area (Å²) in [5.41, 5.74) is 4.15. The van der Waals surface area contributed by atoms with Crippen molar-refractivity contribution in [3.05, 3.63) is 91.0 Å². The number of rotatable bonds is 5. The van der Waals surface area contributed by atoms with E-state index in [0.29, 0.717) is 23.5 Å². The Morgan fingerprint density at radius 1 is 1.20 bits per heavy atom. The maximum atomic E-state index is 13.2. The second-order valence-electron chi connectivity index (χ2n) is 7.66. The summed E-state index contributed by atoms with van der Waals surface area (Å²) >= 11 is 0. The van der Waals surface area contributed by atoms with E-state index in [0.717, 1.165) is 24.9 Å². The molecule has 2 aromatic heterocycles. The van der Waals surface area contributed by atoms with Gasteiger partial charge in [0.15, 0.2) is 0 Å². The van der Waals surface area contributed by atoms with Gasteiger partial charge in [-0.15, -0.1) is 0 Å². The van der Waals surface area contributed by atoms with Gasteiger partial charge in [0, 0.05) is 30.9 Å². The number of benzene rings is 1. The maximum absolute atomic E-state index is 13.2. The second-order valence-corrected chi connectivity index (χ2v) is 7.66. The van der Waals surface area contributed by atoms with Crippen LogP contribution in [-0.2, 0) is 19.3 Å². The number of H-pyrrole nitrogens is 1. The molecule has 1 aliphatic carbocycles. The molecule has 4 rings (SSSR count). The van der Waals surface area contributed by atoms with Crippen LogP contribution in [0.1, 0.15) is 45.0 Å². The smallest absolute Gasteiger partial charge is 0.268 e. The van der Waals surface area contributed by atoms with Gasteiger partial charge < -0.3 is 10.3 Å². The molecule has 0 fully saturated rings. The molecule has 0 saturated carbocycles. The number of carbonyl (C=O) groups excluding carboxylic acids is 1. The summed E-state index contributed by atoms with van der Waals surface area (Å²) in [5.74, 6) is 0.0803. The number of amides is 1. The normalized spacial score (nSPS) is 12.6. The Hall–Kier alpha value is -3.48. The van der Waals surface area contributed by atoms with Gasteiger partial charge in [-0.3, -0.25) is 19.0 Å². The van der Waals surface area contributed by atoms with Crippen LogP contribution >= 0.6 is 0 Å². The molecule has 0 saturated heterocycles. The second kappa shape index (κ2) is 8.10. The molecule has 1 amide bonds. The summed E-state index contributed by atoms with van der Waals surface area (Å²) in [7, 11) is 0. The monoisotopic (exact) mass is 404 g/mol. The molecule has 3 aromatic rings. The minimum Gasteiger partial charge on any atom is -0.351 e. The first-order valence-electron chi connectivity index (χ1n) is 10.1. The molecule has 0 spiro atoms. The summed E-state index contributed by atoms with van der Waals surface area (Å²) in [4.78, 5) is 44.5. The van der Waals surface area contributed by atoms with Gasteiger partial charge in [0.05, 0.1) is 5.69 Å². The Bertz CT molecular complexity index is 1240. The molecule has 2 heterocycles. The molecular weight excluding hydrogens is 380 g/mol. The summed E-state index contributed by atoms with van der Waals surface area (Å²) in [6.07, 6.45) is 5.15. The van der Waals surface area contributed by atoms with Crippen molar-refractivity contribution in [2.45, 2.75) is 39.5 Å². The van der Waals surface area contributed by atoms with Crippen LogP contribution in [0.2, 0.25) is 0 Å². The largest absolute Gasteiger partial charge is 0.351 e. The standard InChI is InChI=1S/C23H24N4O3/c1-14-10-12-27(18-8-4-6-16-5-3-7-17(16)18)23(30)21(14)22(29)24-11-9-19-25-15(2)13-20(28)26-19/h4,6,8,10,12-13H,3,5,7,9,11H2,1-2H3,(H,24,29)(H,25,26,28). The fraction of sp³-hybridized carbons (Fsp3) is 0.304. The number of nitrogens with zero attached hydrogens (tertiary/aromatic N) is 2. The van der Waals surface area contributed by atoms with Crippen LogP contribution in [0.15, 0.2) is 46.1 Å². The fourth-order valence-corrected chi connectivity index (χ4v) is 4.06. The molecule has 2 N–H and O–H groups in total. The van der Waals surface area contributed by atoms with Gasteiger partial charge in [0.25, 0.3) is 17.0 Å². The van der Waals surface area contributed by atoms with Crippen molar-refractivity contribution < 1.29 is 4.79 Å². The van der Waals surface area contributed by atoms with Crippen LogP contribution in [0.5, 0.6) is 0 Å². The number of nitrogens with one attached hydrogen (secondary N) is 2. The maximum Gasteiger partial charge on any atom is 0.268 e. The predicted octanol–water partition coefficient (Wildman–Crippen LogP) is 2.00. The van der Waals surface area contributed by atoms with Crippen molar-refractivity contribution in [3.8, 4) is 5.69 Å². The number of aromatic amines is 1. The number of aromatic nitrogens is 3. The quantitative estimate of drug-likeness (QED) is 0.680. The van der Waals surface area contributed by atoms with Gasteiger partial charge in [0.2, 0.25) is 0 Å². The van der Waals surface area contributed by atoms with Gasteiger partial charge in [-0.2, -0.15) is 0 Å². The number of hydrogen-bond acceptors (Lipinski definition) is 4. The molecule has 1 aromatic carbocycles. The van der Waals surface area contributed by atoms with Crippen LogP contribution in [0.25, 0.3) is 5.69 Å². The predicted molar refractivity (Wildman–Crippen MR) is 114 cm³/mol. The highest BCUT2D eigenvalue weighted by Crippen LogP contribution is 2.27. The average Bonchev–Trinajstić information content (AvgIpc) is 3.16. The highest BCUT2D eigenvalue weighted by atomic mass is 16.2. The SMILES string of the molecule is Cc1cc(=O)[nH]c(CCNC(=O)c2c(C)ccn(-c3cccc4c3CCC4)c2=O)n1. The zero-order valence-corrected chi connectivity index (χ0v) is 17.1. The Labute approximate surface area is 173 Å². The highest BCUT2D eigenvalue weighted by molar-refractivity contribution is 5.95. The van der Waals surface area contributed by atoms with Crippen molar-refractivity contribution in [2.24, 2.45) is 0 Å². The van der Waals surface area contributed by atoms with E-state index in [2.05, 4.69) is 21.4 Å². The Balaban J connectivity index is 1.58. The third-order valence-electron chi connectivity index (χ3n) is 5.47. The summed E-state index contributed by atoms with van der Waals surface area (Å²) in [6.45, 7) is 3.77. The zero-order valence-electron chi connectivity index (χ0n) is 17.1. The number of fused-ring (bicyclic) bond motifs is 1. The first-order valence-corrected chi connectivity index (χ1v) is 10.1. The third-order valence-corrected chi connectivity index (χ3v) is 5.47. The molecule has 1 aliphatic rings. The lowest BCUT2D eigenvalue weighted by atomic mass is 10.1. The average molecular weight is 404 g/mol. The lowest BCUT2D eigenvalue weighted by Gasteiger charge is -2.14. The minimum absolute atomic E-state index is 0.138. The van der Waals surface area contributed by atoms with Gasteiger partial charge in [-0.1, -0.05) is 12.1 Å². The molecule has 30 heavy (non-hydrogen) atoms. The van der Waals surface area contributed by atoms with E-state index >= 15 is 0 Å². The van der Waals surface area contributed by atoms with Gasteiger partial charge in [-0.25, -0.2) is 4.98 Å². The van der Waals surface area contributed by atoms with E-state index in [1.807, 2.05) is 12.1 Å². The number of aryl methyl sites for hydroxylation is 3. The van der Waals surface area contributed by atoms with Crippen LogP contribution in [-0.4, -0.2) is 27.0 Å². The fourth-order valence-electron chi connectivity index (χ4n) is 4.06. The van der Waals surface area contributed by atoms with Crippen molar-refractivity contribution >= 4 is 5.91 Å². The van der Waals surface area contributed by atoms with Crippen LogP contribution in [0, 0.1) is 13.8 Å². The zero-order chi connectivity index (χ0) is 21.3. The van der Waals surface area contributed by atoms with Crippen molar-refractivity contribution in [1.82, 2.24) is 19.9 Å². The van der Waals surface area contributed by atoms with E-state index < -0.39 is 5.91 Å². The summed E-state index contributed by atoms with van der Waals surface area (Å²) < 4.78 is 1.58. The van der Waals surface area contributed by atoms with E-state index in [-0.39, 0.29) is 23.2 Å². The first kappa shape index (κ1) is 19.8. The number of pyridine rings is 1. The molecule has 0 unspecified atom stereocenters. The van der Waals surface area contributed by atoms with Gasteiger partial charge >= 0.3 is 0 Å². The van der Waals surface area contributed by atoms with Gasteiger partial charge in [-0.05, 0) is 61.9 Å². The summed E-state index contributed by atoms with van der Waals surface area (Å²) in [6, 6.07) is 9.20. The van der Waals surface area contributed by atoms with Crippen LogP contribution in [0.4, 0.5) is 0 Å². The number of carbonyl (C=O) groups is 1. The highest BCUT2D eigenvalue weighted by Gasteiger charge is 2.20. The van der Waals surface area contributed by atoms with E-state index in [4.69, 9.17) is 0 Å². The third kappa shape index (κ3) is 3.83. The van der Waals surface area contributed by atoms with Crippen LogP contribution < -0.4 is 16.4 Å². The first-order chi connectivity index (χ1) is 14.4. The molecule has 154 valence electrons. The van der Waals surface area contributed by atoms with Crippen molar-refractivity contribution in [1.29, 1.82) is 0 Å². The Morgan fingerprint density at radius 2 is 2.03 bits per heavy atom. The van der Waals surface area contributed by atoms with Gasteiger partial charge in [0.1, 0.15) is 11.4 Å². The molecule has 0 bridgehead atoms. The minimum atomic E-state index is -0.422. The van der Waals surface area contributed by atoms with E-state index in [1.165, 1.54) is 17.2 Å². The molecule has 7 nitrogen and oxygen atoms in total. The lowest BCUT2D eigenvalue weighted by Crippen LogP contribution is -2.35. The molecule has 7 heteroatoms. The van der Waals surface area contributed by atoms with Crippen molar-refractivity contribution in [2.75, 3.05) is 6.54 Å². The molecule has 0 radical (unpaired) electrons. The molecule has 0 atom stereocenters. The lowest BCUT2D eigenvalue weighted by molar-refractivity contribution is 0.0951. The topological polar surface area (TPSA) is 96.9 Å². The van der Waals surface area contributed by atoms with Crippen molar-refractivity contribution in [3.63, 3.8) is 0 Å². The molecule has 0 aliphatic heterocycles. The van der Waals surface area contributed by atoms with E-state index in [9.17, 15) is 14.4 Å². The Morgan fingerprint density at radius 3 is 2.83 bits per heavy atom. The van der Waals surface area contributed by atoms with E-state index in [1.54, 1.807) is 30.7 Å². The molecular formula is C23H24N4O3. The Kier molecular flexibility index (Phi) is 5.35. The summed E-state index contributed by atoms with van der Waals surface area (Å²) in [5, 5.41) is 2.78. The number of hydrogen-bond donors (Lipinski definition) is 2.